The van der Waals surface area contributed by atoms with E-state index in [1.54, 1.807) is 6.07 Å². The van der Waals surface area contributed by atoms with Gasteiger partial charge in [-0.05, 0) is 6.42 Å². The monoisotopic (exact) mass is 118 g/mol. The van der Waals surface area contributed by atoms with Gasteiger partial charge in [0.2, 0.25) is 0 Å². The second kappa shape index (κ2) is 6.37. The first-order chi connectivity index (χ1) is 3.31. The summed E-state index contributed by atoms with van der Waals surface area (Å²) < 4.78 is 0. The lowest BCUT2D eigenvalue weighted by atomic mass is 10.3. The maximum atomic E-state index is 8.14. The zero-order valence-electron chi connectivity index (χ0n) is 4.46. The van der Waals surface area contributed by atoms with Crippen LogP contribution >= 0.6 is 0 Å². The number of nitrogens with zero attached hydrogens (tertiary/aromatic N) is 1. The molecule has 48 valence electrons. The Morgan fingerprint density at radius 1 is 1.75 bits per heavy atom. The number of aliphatic hydroxyl groups is 1. The van der Waals surface area contributed by atoms with Crippen molar-refractivity contribution < 1.29 is 10.6 Å². The third-order valence-corrected chi connectivity index (χ3v) is 0.606. The summed E-state index contributed by atoms with van der Waals surface area (Å²) in [7, 11) is 0. The van der Waals surface area contributed by atoms with Crippen molar-refractivity contribution >= 4 is 0 Å². The van der Waals surface area contributed by atoms with Gasteiger partial charge in [-0.1, -0.05) is 0 Å². The Morgan fingerprint density at radius 3 is 2.38 bits per heavy atom. The lowest BCUT2D eigenvalue weighted by Gasteiger charge is -1.93. The molecule has 0 radical (unpaired) electrons. The zero-order chi connectivity index (χ0) is 5.70. The van der Waals surface area contributed by atoms with Crippen LogP contribution in [0.1, 0.15) is 6.42 Å². The Bertz CT molecular complexity index is 78.6. The van der Waals surface area contributed by atoms with Crippen molar-refractivity contribution in [3.8, 4) is 6.07 Å². The minimum atomic E-state index is -0.495. The highest BCUT2D eigenvalue weighted by Gasteiger charge is 1.93. The number of hydrogen-bond donors (Lipinski definition) is 2. The van der Waals surface area contributed by atoms with Gasteiger partial charge in [0.15, 0.2) is 0 Å². The quantitative estimate of drug-likeness (QED) is 0.456. The first-order valence-corrected chi connectivity index (χ1v) is 2.07. The van der Waals surface area contributed by atoms with E-state index in [2.05, 4.69) is 0 Å². The predicted molar refractivity (Wildman–Crippen MR) is 28.9 cm³/mol. The maximum absolute atomic E-state index is 8.14. The Hall–Kier alpha value is -0.630. The van der Waals surface area contributed by atoms with Gasteiger partial charge in [-0.15, -0.1) is 0 Å². The molecule has 0 spiro atoms. The number of aliphatic hydroxyl groups excluding tert-OH is 1. The van der Waals surface area contributed by atoms with E-state index in [1.165, 1.54) is 0 Å². The normalized spacial score (nSPS) is 11.1. The summed E-state index contributed by atoms with van der Waals surface area (Å²) in [5.41, 5.74) is 5.06. The second-order valence-corrected chi connectivity index (χ2v) is 1.25. The average molecular weight is 118 g/mol. The molecule has 0 aromatic heterocycles. The zero-order valence-corrected chi connectivity index (χ0v) is 4.46. The van der Waals surface area contributed by atoms with Gasteiger partial charge in [-0.3, -0.25) is 0 Å². The molecule has 0 saturated heterocycles. The maximum Gasteiger partial charge on any atom is 0.0950 e. The number of hydrogen-bond acceptors (Lipinski definition) is 3. The van der Waals surface area contributed by atoms with Crippen molar-refractivity contribution in [1.82, 2.24) is 0 Å². The van der Waals surface area contributed by atoms with Gasteiger partial charge in [0.1, 0.15) is 0 Å². The molecule has 0 amide bonds. The van der Waals surface area contributed by atoms with Crippen LogP contribution in [0.5, 0.6) is 0 Å². The average Bonchev–Trinajstić information content (AvgIpc) is 1.68. The summed E-state index contributed by atoms with van der Waals surface area (Å²) in [6.45, 7) is -0.00523. The molecule has 0 fully saturated rings. The fourth-order valence-electron chi connectivity index (χ4n) is 0.204. The lowest BCUT2D eigenvalue weighted by molar-refractivity contribution is 0.284. The van der Waals surface area contributed by atoms with Gasteiger partial charge in [0.25, 0.3) is 0 Å². The van der Waals surface area contributed by atoms with E-state index < -0.39 is 6.04 Å². The summed E-state index contributed by atoms with van der Waals surface area (Å²) in [4.78, 5) is 0. The number of rotatable bonds is 2. The molecule has 1 unspecified atom stereocenters. The van der Waals surface area contributed by atoms with E-state index in [4.69, 9.17) is 16.1 Å². The predicted octanol–water partition coefficient (Wildman–Crippen LogP) is -1.61. The van der Waals surface area contributed by atoms with Crippen LogP contribution in [-0.4, -0.2) is 23.2 Å². The molecule has 4 heteroatoms. The molecule has 0 aliphatic heterocycles. The lowest BCUT2D eigenvalue weighted by Crippen LogP contribution is -2.18. The van der Waals surface area contributed by atoms with E-state index in [0.717, 1.165) is 0 Å². The van der Waals surface area contributed by atoms with Crippen molar-refractivity contribution in [3.05, 3.63) is 0 Å². The first kappa shape index (κ1) is 10.4. The Morgan fingerprint density at radius 2 is 2.25 bits per heavy atom. The molecule has 0 aromatic rings. The molecule has 5 N–H and O–H groups in total. The fraction of sp³-hybridized carbons (Fsp3) is 0.750. The van der Waals surface area contributed by atoms with Gasteiger partial charge in [0, 0.05) is 6.61 Å². The van der Waals surface area contributed by atoms with Crippen LogP contribution in [-0.2, 0) is 0 Å². The molecule has 0 saturated carbocycles. The third kappa shape index (κ3) is 5.37. The van der Waals surface area contributed by atoms with Crippen LogP contribution < -0.4 is 5.73 Å². The Balaban J connectivity index is 0. The van der Waals surface area contributed by atoms with E-state index >= 15 is 0 Å². The Labute approximate surface area is 47.8 Å². The first-order valence-electron chi connectivity index (χ1n) is 2.07. The minimum Gasteiger partial charge on any atom is -0.412 e. The van der Waals surface area contributed by atoms with Crippen molar-refractivity contribution in [2.75, 3.05) is 6.61 Å². The van der Waals surface area contributed by atoms with Gasteiger partial charge >= 0.3 is 0 Å². The van der Waals surface area contributed by atoms with Crippen LogP contribution in [0.2, 0.25) is 0 Å². The Kier molecular flexibility index (Phi) is 8.26. The molecule has 0 heterocycles. The molecule has 0 aromatic carbocycles. The highest BCUT2D eigenvalue weighted by molar-refractivity contribution is 4.85. The van der Waals surface area contributed by atoms with Gasteiger partial charge in [0.05, 0.1) is 12.1 Å². The van der Waals surface area contributed by atoms with Gasteiger partial charge in [-0.2, -0.15) is 5.26 Å². The molecule has 0 rings (SSSR count). The molecular formula is C4H10N2O2. The van der Waals surface area contributed by atoms with Crippen LogP contribution in [0.3, 0.4) is 0 Å². The number of nitriles is 1. The van der Waals surface area contributed by atoms with E-state index in [9.17, 15) is 0 Å². The van der Waals surface area contributed by atoms with Crippen LogP contribution in [0.25, 0.3) is 0 Å². The summed E-state index contributed by atoms with van der Waals surface area (Å²) in [5, 5.41) is 16.1. The molecule has 8 heavy (non-hydrogen) atoms. The van der Waals surface area contributed by atoms with Crippen LogP contribution in [0, 0.1) is 11.3 Å². The topological polar surface area (TPSA) is 102 Å². The van der Waals surface area contributed by atoms with Crippen molar-refractivity contribution in [2.45, 2.75) is 12.5 Å². The summed E-state index contributed by atoms with van der Waals surface area (Å²) >= 11 is 0. The van der Waals surface area contributed by atoms with E-state index in [0.29, 0.717) is 6.42 Å². The molecule has 0 bridgehead atoms. The van der Waals surface area contributed by atoms with Crippen LogP contribution in [0.4, 0.5) is 0 Å². The van der Waals surface area contributed by atoms with Gasteiger partial charge in [-0.25, -0.2) is 0 Å². The SMILES string of the molecule is N#CC(N)CCO.O. The molecule has 0 aliphatic rings. The summed E-state index contributed by atoms with van der Waals surface area (Å²) in [6.07, 6.45) is 0.372. The molecule has 1 atom stereocenters. The van der Waals surface area contributed by atoms with E-state index in [-0.39, 0.29) is 12.1 Å². The summed E-state index contributed by atoms with van der Waals surface area (Å²) in [5.74, 6) is 0. The third-order valence-electron chi connectivity index (χ3n) is 0.606. The summed E-state index contributed by atoms with van der Waals surface area (Å²) in [6, 6.07) is 1.29. The van der Waals surface area contributed by atoms with Crippen molar-refractivity contribution in [1.29, 1.82) is 5.26 Å². The smallest absolute Gasteiger partial charge is 0.0950 e. The second-order valence-electron chi connectivity index (χ2n) is 1.25. The van der Waals surface area contributed by atoms with Crippen LogP contribution in [0.15, 0.2) is 0 Å². The number of nitrogens with two attached hydrogens (primary N) is 1. The molecular weight excluding hydrogens is 108 g/mol. The minimum absolute atomic E-state index is 0. The highest BCUT2D eigenvalue weighted by atomic mass is 16.3. The van der Waals surface area contributed by atoms with Gasteiger partial charge < -0.3 is 16.3 Å². The molecule has 0 aliphatic carbocycles. The molecule has 4 nitrogen and oxygen atoms in total. The van der Waals surface area contributed by atoms with Crippen molar-refractivity contribution in [3.63, 3.8) is 0 Å². The van der Waals surface area contributed by atoms with E-state index in [1.807, 2.05) is 0 Å². The largest absolute Gasteiger partial charge is 0.412 e. The highest BCUT2D eigenvalue weighted by Crippen LogP contribution is 1.79. The van der Waals surface area contributed by atoms with Crippen molar-refractivity contribution in [2.24, 2.45) is 5.73 Å². The standard InChI is InChI=1S/C4H8N2O.H2O/c5-3-4(6)1-2-7;/h4,7H,1-2,6H2;1H2. The fourth-order valence-corrected chi connectivity index (χ4v) is 0.204.